The Labute approximate surface area is 227 Å². The smallest absolute Gasteiger partial charge is 0.342 e. The number of aromatic nitrogens is 3. The summed E-state index contributed by atoms with van der Waals surface area (Å²) in [4.78, 5) is 27.5. The Morgan fingerprint density at radius 3 is 2.53 bits per heavy atom. The molecule has 2 aromatic heterocycles. The maximum Gasteiger partial charge on any atom is 0.446 e. The SMILES string of the molecule is CC(C)(C)c1cc(SC(F)(F)F)cc(-c2nc(C3CCN(C(=O)Cc4nc5ccccc5[nH]4)CC3)cs2)c1. The number of nitrogens with one attached hydrogen (secondary N) is 1. The topological polar surface area (TPSA) is 61.9 Å². The minimum atomic E-state index is -4.35. The van der Waals surface area contributed by atoms with E-state index < -0.39 is 5.51 Å². The summed E-state index contributed by atoms with van der Waals surface area (Å²) in [5, 5.41) is 2.73. The zero-order chi connectivity index (χ0) is 27.1. The van der Waals surface area contributed by atoms with Crippen LogP contribution in [-0.2, 0) is 16.6 Å². The summed E-state index contributed by atoms with van der Waals surface area (Å²) >= 11 is 1.37. The summed E-state index contributed by atoms with van der Waals surface area (Å²) in [6.45, 7) is 7.26. The number of thioether (sulfide) groups is 1. The molecule has 1 aliphatic heterocycles. The fourth-order valence-corrected chi connectivity index (χ4v) is 6.25. The van der Waals surface area contributed by atoms with E-state index >= 15 is 0 Å². The third-order valence-corrected chi connectivity index (χ3v) is 8.41. The van der Waals surface area contributed by atoms with Crippen molar-refractivity contribution >= 4 is 40.0 Å². The number of rotatable bonds is 5. The van der Waals surface area contributed by atoms with Gasteiger partial charge in [-0.25, -0.2) is 9.97 Å². The van der Waals surface area contributed by atoms with Gasteiger partial charge >= 0.3 is 5.51 Å². The van der Waals surface area contributed by atoms with Crippen LogP contribution >= 0.6 is 23.1 Å². The second kappa shape index (κ2) is 10.4. The van der Waals surface area contributed by atoms with E-state index in [1.54, 1.807) is 12.1 Å². The fourth-order valence-electron chi connectivity index (χ4n) is 4.72. The summed E-state index contributed by atoms with van der Waals surface area (Å²) in [5.41, 5.74) is -0.374. The predicted octanol–water partition coefficient (Wildman–Crippen LogP) is 7.54. The van der Waals surface area contributed by atoms with E-state index in [2.05, 4.69) is 9.97 Å². The number of fused-ring (bicyclic) bond motifs is 1. The highest BCUT2D eigenvalue weighted by atomic mass is 32.2. The zero-order valence-electron chi connectivity index (χ0n) is 21.4. The van der Waals surface area contributed by atoms with Crippen LogP contribution < -0.4 is 0 Å². The molecule has 0 radical (unpaired) electrons. The average Bonchev–Trinajstić information content (AvgIpc) is 3.49. The molecular formula is C28H29F3N4OS2. The normalized spacial score (nSPS) is 15.4. The van der Waals surface area contributed by atoms with Gasteiger partial charge in [-0.3, -0.25) is 4.79 Å². The molecule has 1 amide bonds. The molecule has 1 N–H and O–H groups in total. The quantitative estimate of drug-likeness (QED) is 0.257. The number of imidazole rings is 1. The molecule has 0 bridgehead atoms. The number of para-hydroxylation sites is 2. The number of carbonyl (C=O) groups is 1. The van der Waals surface area contributed by atoms with Crippen LogP contribution in [-0.4, -0.2) is 44.4 Å². The molecule has 10 heteroatoms. The molecule has 1 aliphatic rings. The van der Waals surface area contributed by atoms with Gasteiger partial charge in [0.15, 0.2) is 0 Å². The molecule has 5 rings (SSSR count). The Morgan fingerprint density at radius 2 is 1.84 bits per heavy atom. The van der Waals surface area contributed by atoms with Gasteiger partial charge in [-0.15, -0.1) is 11.3 Å². The number of carbonyl (C=O) groups excluding carboxylic acids is 1. The first-order chi connectivity index (χ1) is 17.9. The summed E-state index contributed by atoms with van der Waals surface area (Å²) in [6, 6.07) is 12.9. The minimum absolute atomic E-state index is 0.0511. The van der Waals surface area contributed by atoms with Gasteiger partial charge < -0.3 is 9.88 Å². The standard InChI is InChI=1S/C28H29F3N4OS2/c1-27(2,3)19-12-18(13-20(14-19)38-28(29,30)31)26-34-23(16-37-26)17-8-10-35(11-9-17)25(36)15-24-32-21-6-4-5-7-22(21)33-24/h4-7,12-14,16-17H,8-11,15H2,1-3H3,(H,32,33). The van der Waals surface area contributed by atoms with Gasteiger partial charge in [-0.1, -0.05) is 32.9 Å². The van der Waals surface area contributed by atoms with Crippen molar-refractivity contribution in [3.05, 3.63) is 64.9 Å². The van der Waals surface area contributed by atoms with Crippen LogP contribution in [0.2, 0.25) is 0 Å². The third-order valence-electron chi connectivity index (χ3n) is 6.80. The zero-order valence-corrected chi connectivity index (χ0v) is 23.1. The number of likely N-dealkylation sites (tertiary alicyclic amines) is 1. The number of thiazole rings is 1. The number of piperidine rings is 1. The predicted molar refractivity (Wildman–Crippen MR) is 147 cm³/mol. The molecule has 3 heterocycles. The summed E-state index contributed by atoms with van der Waals surface area (Å²) < 4.78 is 39.4. The highest BCUT2D eigenvalue weighted by Crippen LogP contribution is 2.41. The first-order valence-electron chi connectivity index (χ1n) is 12.5. The first kappa shape index (κ1) is 26.7. The fraction of sp³-hybridized carbons (Fsp3) is 0.393. The lowest BCUT2D eigenvalue weighted by Gasteiger charge is -2.31. The van der Waals surface area contributed by atoms with Crippen LogP contribution in [0.3, 0.4) is 0 Å². The summed E-state index contributed by atoms with van der Waals surface area (Å²) in [5.74, 6) is 0.934. The molecular weight excluding hydrogens is 529 g/mol. The number of amides is 1. The molecule has 2 aromatic carbocycles. The summed E-state index contributed by atoms with van der Waals surface area (Å²) in [6.07, 6.45) is 1.83. The molecule has 0 unspecified atom stereocenters. The van der Waals surface area contributed by atoms with Crippen molar-refractivity contribution in [3.63, 3.8) is 0 Å². The lowest BCUT2D eigenvalue weighted by atomic mass is 9.86. The van der Waals surface area contributed by atoms with Crippen molar-refractivity contribution in [2.45, 2.75) is 61.8 Å². The summed E-state index contributed by atoms with van der Waals surface area (Å²) in [7, 11) is 0. The molecule has 1 saturated heterocycles. The molecule has 200 valence electrons. The minimum Gasteiger partial charge on any atom is -0.342 e. The van der Waals surface area contributed by atoms with Crippen LogP contribution in [0.5, 0.6) is 0 Å². The van der Waals surface area contributed by atoms with E-state index in [-0.39, 0.29) is 40.3 Å². The van der Waals surface area contributed by atoms with Gasteiger partial charge in [0.1, 0.15) is 10.8 Å². The van der Waals surface area contributed by atoms with Crippen LogP contribution in [0, 0.1) is 0 Å². The maximum atomic E-state index is 13.1. The molecule has 0 atom stereocenters. The number of hydrogen-bond acceptors (Lipinski definition) is 5. The number of nitrogens with zero attached hydrogens (tertiary/aromatic N) is 3. The molecule has 5 nitrogen and oxygen atoms in total. The van der Waals surface area contributed by atoms with Crippen LogP contribution in [0.25, 0.3) is 21.6 Å². The Kier molecular flexibility index (Phi) is 7.30. The highest BCUT2D eigenvalue weighted by Gasteiger charge is 2.31. The van der Waals surface area contributed by atoms with Gasteiger partial charge in [-0.2, -0.15) is 13.2 Å². The maximum absolute atomic E-state index is 13.1. The molecule has 0 spiro atoms. The van der Waals surface area contributed by atoms with Gasteiger partial charge in [0.2, 0.25) is 5.91 Å². The molecule has 38 heavy (non-hydrogen) atoms. The van der Waals surface area contributed by atoms with E-state index in [4.69, 9.17) is 4.98 Å². The Balaban J connectivity index is 1.25. The van der Waals surface area contributed by atoms with Crippen molar-refractivity contribution in [1.82, 2.24) is 19.9 Å². The number of halogens is 3. The van der Waals surface area contributed by atoms with Gasteiger partial charge in [0, 0.05) is 34.8 Å². The van der Waals surface area contributed by atoms with Crippen LogP contribution in [0.4, 0.5) is 13.2 Å². The van der Waals surface area contributed by atoms with E-state index in [1.165, 1.54) is 11.3 Å². The monoisotopic (exact) mass is 558 g/mol. The number of benzene rings is 2. The van der Waals surface area contributed by atoms with E-state index in [0.717, 1.165) is 40.1 Å². The second-order valence-electron chi connectivity index (χ2n) is 10.7. The highest BCUT2D eigenvalue weighted by molar-refractivity contribution is 8.00. The molecule has 0 aliphatic carbocycles. The van der Waals surface area contributed by atoms with Crippen LogP contribution in [0.1, 0.15) is 56.6 Å². The average molecular weight is 559 g/mol. The third kappa shape index (κ3) is 6.23. The van der Waals surface area contributed by atoms with Crippen molar-refractivity contribution < 1.29 is 18.0 Å². The van der Waals surface area contributed by atoms with Crippen LogP contribution in [0.15, 0.2) is 52.7 Å². The number of H-pyrrole nitrogens is 1. The first-order valence-corrected chi connectivity index (χ1v) is 14.2. The lowest BCUT2D eigenvalue weighted by Crippen LogP contribution is -2.39. The number of aromatic amines is 1. The molecule has 0 saturated carbocycles. The Bertz CT molecular complexity index is 1410. The van der Waals surface area contributed by atoms with Crippen molar-refractivity contribution in [1.29, 1.82) is 0 Å². The second-order valence-corrected chi connectivity index (χ2v) is 12.7. The Morgan fingerprint density at radius 1 is 1.11 bits per heavy atom. The van der Waals surface area contributed by atoms with Crippen molar-refractivity contribution in [2.75, 3.05) is 13.1 Å². The van der Waals surface area contributed by atoms with Crippen molar-refractivity contribution in [3.8, 4) is 10.6 Å². The van der Waals surface area contributed by atoms with Gasteiger partial charge in [0.05, 0.1) is 23.1 Å². The van der Waals surface area contributed by atoms with Gasteiger partial charge in [0.25, 0.3) is 0 Å². The molecule has 1 fully saturated rings. The number of alkyl halides is 3. The van der Waals surface area contributed by atoms with E-state index in [1.807, 2.05) is 61.4 Å². The van der Waals surface area contributed by atoms with E-state index in [9.17, 15) is 18.0 Å². The van der Waals surface area contributed by atoms with Crippen molar-refractivity contribution in [2.24, 2.45) is 0 Å². The van der Waals surface area contributed by atoms with E-state index in [0.29, 0.717) is 24.5 Å². The Hall–Kier alpha value is -2.85. The molecule has 4 aromatic rings. The largest absolute Gasteiger partial charge is 0.446 e. The van der Waals surface area contributed by atoms with Gasteiger partial charge in [-0.05, 0) is 65.9 Å². The number of hydrogen-bond donors (Lipinski definition) is 1. The lowest BCUT2D eigenvalue weighted by molar-refractivity contribution is -0.131.